The number of halogens is 2. The van der Waals surface area contributed by atoms with Crippen molar-refractivity contribution in [1.82, 2.24) is 5.01 Å². The smallest absolute Gasteiger partial charge is 0.240 e. The van der Waals surface area contributed by atoms with Gasteiger partial charge in [-0.25, -0.2) is 5.01 Å². The van der Waals surface area contributed by atoms with Crippen molar-refractivity contribution in [3.05, 3.63) is 68.6 Å². The van der Waals surface area contributed by atoms with Crippen molar-refractivity contribution in [3.63, 3.8) is 0 Å². The summed E-state index contributed by atoms with van der Waals surface area (Å²) in [5.41, 5.74) is 3.06. The third-order valence-electron chi connectivity index (χ3n) is 3.67. The molecule has 1 atom stereocenters. The zero-order valence-electron chi connectivity index (χ0n) is 12.0. The molecule has 3 rings (SSSR count). The van der Waals surface area contributed by atoms with Gasteiger partial charge in [-0.15, -0.1) is 0 Å². The Labute approximate surface area is 146 Å². The SMILES string of the molecule is CC(=O)N1N=C(c2ccc(Br)cc2)C[C@@H]1c1ccccc1Br. The standard InChI is InChI=1S/C17H14Br2N2O/c1-11(22)21-17(14-4-2-3-5-15(14)19)10-16(20-21)12-6-8-13(18)9-7-12/h2-9,17H,10H2,1H3/t17-/m1/s1. The maximum Gasteiger partial charge on any atom is 0.240 e. The second-order valence-corrected chi connectivity index (χ2v) is 6.93. The summed E-state index contributed by atoms with van der Waals surface area (Å²) in [6.07, 6.45) is 0.712. The number of hydrazone groups is 1. The molecule has 0 fully saturated rings. The van der Waals surface area contributed by atoms with E-state index in [0.29, 0.717) is 6.42 Å². The Hall–Kier alpha value is -1.46. The Morgan fingerprint density at radius 2 is 1.82 bits per heavy atom. The highest BCUT2D eigenvalue weighted by molar-refractivity contribution is 9.10. The van der Waals surface area contributed by atoms with Gasteiger partial charge in [0.1, 0.15) is 0 Å². The van der Waals surface area contributed by atoms with Crippen LogP contribution in [0.25, 0.3) is 0 Å². The van der Waals surface area contributed by atoms with E-state index in [2.05, 4.69) is 37.0 Å². The molecule has 0 bridgehead atoms. The number of hydrogen-bond acceptors (Lipinski definition) is 2. The molecule has 22 heavy (non-hydrogen) atoms. The molecule has 1 aliphatic rings. The molecule has 0 aromatic heterocycles. The Morgan fingerprint density at radius 3 is 2.45 bits per heavy atom. The first-order valence-electron chi connectivity index (χ1n) is 6.94. The molecule has 0 radical (unpaired) electrons. The summed E-state index contributed by atoms with van der Waals surface area (Å²) in [6.45, 7) is 1.55. The zero-order valence-corrected chi connectivity index (χ0v) is 15.1. The van der Waals surface area contributed by atoms with E-state index < -0.39 is 0 Å². The largest absolute Gasteiger partial charge is 0.273 e. The molecule has 1 aliphatic heterocycles. The Kier molecular flexibility index (Phi) is 4.45. The molecule has 0 saturated carbocycles. The molecular weight excluding hydrogens is 408 g/mol. The first kappa shape index (κ1) is 15.4. The molecular formula is C17H14Br2N2O. The quantitative estimate of drug-likeness (QED) is 0.677. The van der Waals surface area contributed by atoms with Gasteiger partial charge in [-0.2, -0.15) is 5.10 Å². The zero-order chi connectivity index (χ0) is 15.7. The number of nitrogens with zero attached hydrogens (tertiary/aromatic N) is 2. The van der Waals surface area contributed by atoms with Crippen LogP contribution in [0, 0.1) is 0 Å². The van der Waals surface area contributed by atoms with Crippen LogP contribution in [0.2, 0.25) is 0 Å². The van der Waals surface area contributed by atoms with Gasteiger partial charge in [0.15, 0.2) is 0 Å². The number of carbonyl (C=O) groups excluding carboxylic acids is 1. The number of carbonyl (C=O) groups is 1. The molecule has 112 valence electrons. The third-order valence-corrected chi connectivity index (χ3v) is 4.93. The molecule has 2 aromatic carbocycles. The van der Waals surface area contributed by atoms with E-state index in [1.165, 1.54) is 0 Å². The van der Waals surface area contributed by atoms with Gasteiger partial charge in [-0.05, 0) is 29.3 Å². The van der Waals surface area contributed by atoms with Crippen LogP contribution < -0.4 is 0 Å². The van der Waals surface area contributed by atoms with E-state index in [1.54, 1.807) is 11.9 Å². The van der Waals surface area contributed by atoms with E-state index in [1.807, 2.05) is 48.5 Å². The molecule has 0 unspecified atom stereocenters. The van der Waals surface area contributed by atoms with Crippen molar-refractivity contribution in [1.29, 1.82) is 0 Å². The molecule has 2 aromatic rings. The van der Waals surface area contributed by atoms with Crippen LogP contribution in [0.5, 0.6) is 0 Å². The van der Waals surface area contributed by atoms with Crippen LogP contribution in [-0.2, 0) is 4.79 Å². The van der Waals surface area contributed by atoms with E-state index in [-0.39, 0.29) is 11.9 Å². The Bertz CT molecular complexity index is 741. The first-order chi connectivity index (χ1) is 10.6. The lowest BCUT2D eigenvalue weighted by molar-refractivity contribution is -0.130. The van der Waals surface area contributed by atoms with Crippen LogP contribution in [0.1, 0.15) is 30.5 Å². The lowest BCUT2D eigenvalue weighted by Gasteiger charge is -2.21. The van der Waals surface area contributed by atoms with Gasteiger partial charge in [-0.1, -0.05) is 62.2 Å². The highest BCUT2D eigenvalue weighted by Crippen LogP contribution is 2.36. The Balaban J connectivity index is 1.96. The summed E-state index contributed by atoms with van der Waals surface area (Å²) in [5, 5.41) is 6.13. The van der Waals surface area contributed by atoms with Gasteiger partial charge in [-0.3, -0.25) is 4.79 Å². The van der Waals surface area contributed by atoms with Crippen LogP contribution in [0.15, 0.2) is 62.6 Å². The van der Waals surface area contributed by atoms with Crippen molar-refractivity contribution < 1.29 is 4.79 Å². The number of hydrogen-bond donors (Lipinski definition) is 0. The summed E-state index contributed by atoms with van der Waals surface area (Å²) >= 11 is 7.01. The number of benzene rings is 2. The average Bonchev–Trinajstić information content (AvgIpc) is 2.93. The molecule has 5 heteroatoms. The fraction of sp³-hybridized carbons (Fsp3) is 0.176. The molecule has 0 aliphatic carbocycles. The summed E-state index contributed by atoms with van der Waals surface area (Å²) in [6, 6.07) is 15.9. The third kappa shape index (κ3) is 3.01. The van der Waals surface area contributed by atoms with Gasteiger partial charge < -0.3 is 0 Å². The van der Waals surface area contributed by atoms with E-state index in [0.717, 1.165) is 25.8 Å². The molecule has 0 spiro atoms. The molecule has 0 saturated heterocycles. The van der Waals surface area contributed by atoms with E-state index in [4.69, 9.17) is 0 Å². The monoisotopic (exact) mass is 420 g/mol. The highest BCUT2D eigenvalue weighted by atomic mass is 79.9. The lowest BCUT2D eigenvalue weighted by Crippen LogP contribution is -2.24. The molecule has 0 N–H and O–H groups in total. The van der Waals surface area contributed by atoms with Gasteiger partial charge >= 0.3 is 0 Å². The average molecular weight is 422 g/mol. The summed E-state index contributed by atoms with van der Waals surface area (Å²) in [4.78, 5) is 12.0. The van der Waals surface area contributed by atoms with Crippen molar-refractivity contribution in [3.8, 4) is 0 Å². The summed E-state index contributed by atoms with van der Waals surface area (Å²) in [5.74, 6) is -0.0483. The van der Waals surface area contributed by atoms with Crippen molar-refractivity contribution in [2.75, 3.05) is 0 Å². The van der Waals surface area contributed by atoms with E-state index in [9.17, 15) is 4.79 Å². The number of amides is 1. The van der Waals surface area contributed by atoms with Crippen LogP contribution >= 0.6 is 31.9 Å². The highest BCUT2D eigenvalue weighted by Gasteiger charge is 2.32. The predicted molar refractivity (Wildman–Crippen MR) is 94.7 cm³/mol. The van der Waals surface area contributed by atoms with E-state index >= 15 is 0 Å². The number of rotatable bonds is 2. The lowest BCUT2D eigenvalue weighted by atomic mass is 9.98. The second-order valence-electron chi connectivity index (χ2n) is 5.16. The summed E-state index contributed by atoms with van der Waals surface area (Å²) in [7, 11) is 0. The van der Waals surface area contributed by atoms with Gasteiger partial charge in [0.05, 0.1) is 11.8 Å². The second kappa shape index (κ2) is 6.34. The van der Waals surface area contributed by atoms with Crippen molar-refractivity contribution >= 4 is 43.5 Å². The topological polar surface area (TPSA) is 32.7 Å². The van der Waals surface area contributed by atoms with Crippen LogP contribution in [0.4, 0.5) is 0 Å². The minimum atomic E-state index is -0.0632. The first-order valence-corrected chi connectivity index (χ1v) is 8.52. The fourth-order valence-corrected chi connectivity index (χ4v) is 3.42. The molecule has 1 heterocycles. The fourth-order valence-electron chi connectivity index (χ4n) is 2.60. The van der Waals surface area contributed by atoms with Gasteiger partial charge in [0.25, 0.3) is 0 Å². The maximum atomic E-state index is 12.0. The minimum Gasteiger partial charge on any atom is -0.273 e. The van der Waals surface area contributed by atoms with Gasteiger partial charge in [0.2, 0.25) is 5.91 Å². The summed E-state index contributed by atoms with van der Waals surface area (Å²) < 4.78 is 2.03. The van der Waals surface area contributed by atoms with Crippen LogP contribution in [0.3, 0.4) is 0 Å². The van der Waals surface area contributed by atoms with Crippen molar-refractivity contribution in [2.45, 2.75) is 19.4 Å². The van der Waals surface area contributed by atoms with Crippen molar-refractivity contribution in [2.24, 2.45) is 5.10 Å². The maximum absolute atomic E-state index is 12.0. The van der Waals surface area contributed by atoms with Gasteiger partial charge in [0, 0.05) is 22.3 Å². The molecule has 1 amide bonds. The normalized spacial score (nSPS) is 17.5. The van der Waals surface area contributed by atoms with Crippen LogP contribution in [-0.4, -0.2) is 16.6 Å². The molecule has 3 nitrogen and oxygen atoms in total. The Morgan fingerprint density at radius 1 is 1.14 bits per heavy atom. The minimum absolute atomic E-state index is 0.0483. The predicted octanol–water partition coefficient (Wildman–Crippen LogP) is 4.91.